The van der Waals surface area contributed by atoms with Gasteiger partial charge in [-0.3, -0.25) is 0 Å². The molecule has 2 rings (SSSR count). The highest BCUT2D eigenvalue weighted by molar-refractivity contribution is 6.30. The number of anilines is 2. The van der Waals surface area contributed by atoms with Crippen molar-refractivity contribution in [1.29, 1.82) is 5.26 Å². The predicted octanol–water partition coefficient (Wildman–Crippen LogP) is 2.07. The zero-order valence-electron chi connectivity index (χ0n) is 9.09. The minimum Gasteiger partial charge on any atom is -0.382 e. The Morgan fingerprint density at radius 2 is 2.11 bits per heavy atom. The molecule has 0 aliphatic carbocycles. The second kappa shape index (κ2) is 4.77. The van der Waals surface area contributed by atoms with Gasteiger partial charge in [-0.1, -0.05) is 11.6 Å². The molecule has 7 heteroatoms. The zero-order chi connectivity index (χ0) is 13.1. The third-order valence-electron chi connectivity index (χ3n) is 2.21. The SMILES string of the molecule is N#Cc1cnn(C(=O)Nc2ccc(Cl)cc2)c1N. The van der Waals surface area contributed by atoms with Crippen LogP contribution in [-0.4, -0.2) is 15.8 Å². The van der Waals surface area contributed by atoms with E-state index in [1.807, 2.05) is 6.07 Å². The number of carbonyl (C=O) groups is 1. The molecule has 0 radical (unpaired) electrons. The maximum atomic E-state index is 11.8. The molecule has 0 bridgehead atoms. The van der Waals surface area contributed by atoms with E-state index in [1.54, 1.807) is 24.3 Å². The van der Waals surface area contributed by atoms with E-state index in [0.29, 0.717) is 10.7 Å². The first-order valence-corrected chi connectivity index (χ1v) is 5.30. The molecule has 0 atom stereocenters. The highest BCUT2D eigenvalue weighted by Gasteiger charge is 2.13. The number of amides is 1. The van der Waals surface area contributed by atoms with Gasteiger partial charge >= 0.3 is 6.03 Å². The van der Waals surface area contributed by atoms with Gasteiger partial charge in [0.2, 0.25) is 0 Å². The molecule has 0 fully saturated rings. The first-order valence-electron chi connectivity index (χ1n) is 4.92. The third-order valence-corrected chi connectivity index (χ3v) is 2.47. The normalized spacial score (nSPS) is 9.78. The van der Waals surface area contributed by atoms with Crippen LogP contribution in [-0.2, 0) is 0 Å². The van der Waals surface area contributed by atoms with E-state index in [9.17, 15) is 4.79 Å². The third kappa shape index (κ3) is 2.26. The number of aromatic nitrogens is 2. The van der Waals surface area contributed by atoms with E-state index in [2.05, 4.69) is 10.4 Å². The Balaban J connectivity index is 2.20. The lowest BCUT2D eigenvalue weighted by atomic mass is 10.3. The van der Waals surface area contributed by atoms with Crippen molar-refractivity contribution in [1.82, 2.24) is 9.78 Å². The second-order valence-electron chi connectivity index (χ2n) is 3.40. The van der Waals surface area contributed by atoms with E-state index in [4.69, 9.17) is 22.6 Å². The Labute approximate surface area is 108 Å². The second-order valence-corrected chi connectivity index (χ2v) is 3.84. The molecule has 0 aliphatic rings. The lowest BCUT2D eigenvalue weighted by Crippen LogP contribution is -2.22. The fourth-order valence-corrected chi connectivity index (χ4v) is 1.44. The Kier molecular flexibility index (Phi) is 3.17. The quantitative estimate of drug-likeness (QED) is 0.821. The number of hydrogen-bond acceptors (Lipinski definition) is 4. The van der Waals surface area contributed by atoms with Gasteiger partial charge in [0, 0.05) is 10.7 Å². The number of nitrogens with zero attached hydrogens (tertiary/aromatic N) is 3. The molecule has 3 N–H and O–H groups in total. The summed E-state index contributed by atoms with van der Waals surface area (Å²) in [7, 11) is 0. The summed E-state index contributed by atoms with van der Waals surface area (Å²) in [6.45, 7) is 0. The molecule has 1 amide bonds. The highest BCUT2D eigenvalue weighted by Crippen LogP contribution is 2.15. The van der Waals surface area contributed by atoms with Gasteiger partial charge in [-0.2, -0.15) is 15.0 Å². The van der Waals surface area contributed by atoms with E-state index in [1.165, 1.54) is 6.20 Å². The summed E-state index contributed by atoms with van der Waals surface area (Å²) >= 11 is 5.73. The van der Waals surface area contributed by atoms with Crippen LogP contribution in [0.2, 0.25) is 5.02 Å². The van der Waals surface area contributed by atoms with Gasteiger partial charge in [-0.15, -0.1) is 0 Å². The average molecular weight is 262 g/mol. The van der Waals surface area contributed by atoms with Crippen LogP contribution in [0.15, 0.2) is 30.5 Å². The van der Waals surface area contributed by atoms with Gasteiger partial charge in [0.25, 0.3) is 0 Å². The Morgan fingerprint density at radius 1 is 1.44 bits per heavy atom. The molecule has 0 saturated carbocycles. The molecule has 1 aromatic carbocycles. The van der Waals surface area contributed by atoms with Crippen molar-refractivity contribution in [2.24, 2.45) is 0 Å². The fourth-order valence-electron chi connectivity index (χ4n) is 1.32. The minimum absolute atomic E-state index is 0.00367. The van der Waals surface area contributed by atoms with Crippen LogP contribution in [0.1, 0.15) is 5.56 Å². The Hall–Kier alpha value is -2.52. The maximum Gasteiger partial charge on any atom is 0.348 e. The molecule has 0 aliphatic heterocycles. The number of hydrogen-bond donors (Lipinski definition) is 2. The number of halogens is 1. The lowest BCUT2D eigenvalue weighted by molar-refractivity contribution is 0.251. The van der Waals surface area contributed by atoms with Gasteiger partial charge in [-0.05, 0) is 24.3 Å². The van der Waals surface area contributed by atoms with Crippen LogP contribution in [0.4, 0.5) is 16.3 Å². The number of carbonyl (C=O) groups excluding carboxylic acids is 1. The smallest absolute Gasteiger partial charge is 0.348 e. The number of nitrogen functional groups attached to an aromatic ring is 1. The number of nitrogens with one attached hydrogen (secondary N) is 1. The van der Waals surface area contributed by atoms with E-state index in [-0.39, 0.29) is 11.4 Å². The Bertz CT molecular complexity index is 626. The largest absolute Gasteiger partial charge is 0.382 e. The van der Waals surface area contributed by atoms with Crippen LogP contribution in [0, 0.1) is 11.3 Å². The minimum atomic E-state index is -0.545. The van der Waals surface area contributed by atoms with Crippen molar-refractivity contribution in [3.8, 4) is 6.07 Å². The van der Waals surface area contributed by atoms with E-state index < -0.39 is 6.03 Å². The summed E-state index contributed by atoms with van der Waals surface area (Å²) in [5, 5.41) is 15.6. The fraction of sp³-hybridized carbons (Fsp3) is 0. The van der Waals surface area contributed by atoms with Gasteiger partial charge in [0.05, 0.1) is 6.20 Å². The zero-order valence-corrected chi connectivity index (χ0v) is 9.85. The van der Waals surface area contributed by atoms with Crippen LogP contribution < -0.4 is 11.1 Å². The van der Waals surface area contributed by atoms with Gasteiger partial charge < -0.3 is 11.1 Å². The van der Waals surface area contributed by atoms with Crippen LogP contribution >= 0.6 is 11.6 Å². The summed E-state index contributed by atoms with van der Waals surface area (Å²) in [5.41, 5.74) is 6.30. The highest BCUT2D eigenvalue weighted by atomic mass is 35.5. The van der Waals surface area contributed by atoms with Crippen molar-refractivity contribution < 1.29 is 4.79 Å². The number of nitriles is 1. The van der Waals surface area contributed by atoms with Crippen LogP contribution in [0.3, 0.4) is 0 Å². The molecule has 90 valence electrons. The number of rotatable bonds is 1. The van der Waals surface area contributed by atoms with Crippen molar-refractivity contribution in [3.05, 3.63) is 41.0 Å². The average Bonchev–Trinajstić information content (AvgIpc) is 2.73. The molecular weight excluding hydrogens is 254 g/mol. The predicted molar refractivity (Wildman–Crippen MR) is 67.2 cm³/mol. The Morgan fingerprint density at radius 3 is 2.67 bits per heavy atom. The van der Waals surface area contributed by atoms with Gasteiger partial charge in [0.1, 0.15) is 17.5 Å². The molecule has 0 unspecified atom stereocenters. The summed E-state index contributed by atoms with van der Waals surface area (Å²) < 4.78 is 0.924. The summed E-state index contributed by atoms with van der Waals surface area (Å²) in [6, 6.07) is 7.87. The first kappa shape index (κ1) is 12.0. The van der Waals surface area contributed by atoms with Crippen LogP contribution in [0.25, 0.3) is 0 Å². The topological polar surface area (TPSA) is 96.7 Å². The molecular formula is C11H8ClN5O. The van der Waals surface area contributed by atoms with E-state index in [0.717, 1.165) is 4.68 Å². The van der Waals surface area contributed by atoms with Crippen molar-refractivity contribution >= 4 is 29.1 Å². The van der Waals surface area contributed by atoms with E-state index >= 15 is 0 Å². The molecule has 2 aromatic rings. The standard InChI is InChI=1S/C11H8ClN5O/c12-8-1-3-9(4-2-8)16-11(18)17-10(14)7(5-13)6-15-17/h1-4,6H,14H2,(H,16,18). The summed E-state index contributed by atoms with van der Waals surface area (Å²) in [5.74, 6) is 0.00367. The molecule has 1 heterocycles. The monoisotopic (exact) mass is 261 g/mol. The molecule has 18 heavy (non-hydrogen) atoms. The number of benzene rings is 1. The molecule has 1 aromatic heterocycles. The molecule has 0 spiro atoms. The number of nitrogens with two attached hydrogens (primary N) is 1. The molecule has 6 nitrogen and oxygen atoms in total. The van der Waals surface area contributed by atoms with Gasteiger partial charge in [0.15, 0.2) is 0 Å². The van der Waals surface area contributed by atoms with Crippen LogP contribution in [0.5, 0.6) is 0 Å². The first-order chi connectivity index (χ1) is 8.61. The molecule has 0 saturated heterocycles. The van der Waals surface area contributed by atoms with Gasteiger partial charge in [-0.25, -0.2) is 4.79 Å². The van der Waals surface area contributed by atoms with Crippen molar-refractivity contribution in [2.45, 2.75) is 0 Å². The summed E-state index contributed by atoms with van der Waals surface area (Å²) in [6.07, 6.45) is 1.23. The van der Waals surface area contributed by atoms with Crippen molar-refractivity contribution in [2.75, 3.05) is 11.1 Å². The lowest BCUT2D eigenvalue weighted by Gasteiger charge is -2.05. The van der Waals surface area contributed by atoms with Crippen molar-refractivity contribution in [3.63, 3.8) is 0 Å². The summed E-state index contributed by atoms with van der Waals surface area (Å²) in [4.78, 5) is 11.8. The maximum absolute atomic E-state index is 11.8.